The predicted molar refractivity (Wildman–Crippen MR) is 117 cm³/mol. The number of methoxy groups -OCH3 is 1. The zero-order valence-corrected chi connectivity index (χ0v) is 17.9. The molecule has 31 heavy (non-hydrogen) atoms. The highest BCUT2D eigenvalue weighted by atomic mass is 16.5. The van der Waals surface area contributed by atoms with Crippen LogP contribution < -0.4 is 10.3 Å². The number of nitrogens with zero attached hydrogens (tertiary/aromatic N) is 4. The Balaban J connectivity index is 1.39. The minimum atomic E-state index is -0.142. The van der Waals surface area contributed by atoms with E-state index in [0.717, 1.165) is 18.5 Å². The third-order valence-corrected chi connectivity index (χ3v) is 6.55. The summed E-state index contributed by atoms with van der Waals surface area (Å²) in [5, 5.41) is 5.26. The molecular formula is C23H27N5O3. The Labute approximate surface area is 180 Å². The number of nitrogens with one attached hydrogen (secondary N) is 1. The van der Waals surface area contributed by atoms with E-state index in [9.17, 15) is 9.59 Å². The van der Waals surface area contributed by atoms with Gasteiger partial charge in [-0.2, -0.15) is 5.10 Å². The highest BCUT2D eigenvalue weighted by Crippen LogP contribution is 2.31. The van der Waals surface area contributed by atoms with Crippen LogP contribution in [0.2, 0.25) is 0 Å². The van der Waals surface area contributed by atoms with Gasteiger partial charge in [0.2, 0.25) is 0 Å². The van der Waals surface area contributed by atoms with Crippen LogP contribution in [0.5, 0.6) is 5.75 Å². The van der Waals surface area contributed by atoms with Crippen LogP contribution in [0, 0.1) is 6.92 Å². The third kappa shape index (κ3) is 3.49. The van der Waals surface area contributed by atoms with Crippen molar-refractivity contribution in [1.82, 2.24) is 24.6 Å². The Kier molecular flexibility index (Phi) is 5.00. The summed E-state index contributed by atoms with van der Waals surface area (Å²) >= 11 is 0. The number of carbonyl (C=O) groups excluding carboxylic acids is 1. The first-order valence-electron chi connectivity index (χ1n) is 11.0. The van der Waals surface area contributed by atoms with Gasteiger partial charge in [-0.1, -0.05) is 25.3 Å². The van der Waals surface area contributed by atoms with Crippen LogP contribution in [0.25, 0.3) is 11.0 Å². The van der Waals surface area contributed by atoms with Gasteiger partial charge in [0, 0.05) is 18.7 Å². The van der Waals surface area contributed by atoms with Crippen LogP contribution in [0.3, 0.4) is 0 Å². The maximum Gasteiger partial charge on any atom is 0.262 e. The highest BCUT2D eigenvalue weighted by Gasteiger charge is 2.35. The summed E-state index contributed by atoms with van der Waals surface area (Å²) in [6.07, 6.45) is 5.78. The normalized spacial score (nSPS) is 17.7. The van der Waals surface area contributed by atoms with E-state index in [0.29, 0.717) is 47.3 Å². The largest absolute Gasteiger partial charge is 0.497 e. The molecule has 8 nitrogen and oxygen atoms in total. The molecule has 0 spiro atoms. The fourth-order valence-corrected chi connectivity index (χ4v) is 4.76. The zero-order chi connectivity index (χ0) is 21.5. The predicted octanol–water partition coefficient (Wildman–Crippen LogP) is 3.18. The number of likely N-dealkylation sites (tertiary alicyclic amines) is 1. The number of aromatic nitrogens is 4. The number of hydrogen-bond acceptors (Lipinski definition) is 5. The van der Waals surface area contributed by atoms with Crippen molar-refractivity contribution in [2.24, 2.45) is 0 Å². The van der Waals surface area contributed by atoms with Gasteiger partial charge in [-0.3, -0.25) is 9.59 Å². The second kappa shape index (κ2) is 7.83. The monoisotopic (exact) mass is 421 g/mol. The van der Waals surface area contributed by atoms with E-state index in [-0.39, 0.29) is 17.4 Å². The van der Waals surface area contributed by atoms with Crippen molar-refractivity contribution < 1.29 is 9.53 Å². The molecule has 0 unspecified atom stereocenters. The second-order valence-electron chi connectivity index (χ2n) is 8.61. The average molecular weight is 422 g/mol. The molecule has 8 heteroatoms. The molecule has 0 bridgehead atoms. The molecule has 0 atom stereocenters. The molecule has 1 N–H and O–H groups in total. The number of benzene rings is 1. The molecule has 1 saturated carbocycles. The summed E-state index contributed by atoms with van der Waals surface area (Å²) in [6.45, 7) is 2.93. The van der Waals surface area contributed by atoms with Crippen molar-refractivity contribution in [2.75, 3.05) is 20.2 Å². The lowest BCUT2D eigenvalue weighted by Crippen LogP contribution is -2.49. The Hall–Kier alpha value is -3.16. The Morgan fingerprint density at radius 1 is 1.19 bits per heavy atom. The van der Waals surface area contributed by atoms with Crippen molar-refractivity contribution in [1.29, 1.82) is 0 Å². The number of amides is 1. The minimum Gasteiger partial charge on any atom is -0.497 e. The molecule has 3 aromatic rings. The van der Waals surface area contributed by atoms with E-state index in [1.165, 1.54) is 19.3 Å². The summed E-state index contributed by atoms with van der Waals surface area (Å²) < 4.78 is 7.19. The lowest BCUT2D eigenvalue weighted by Gasteiger charge is -2.38. The maximum absolute atomic E-state index is 12.8. The summed E-state index contributed by atoms with van der Waals surface area (Å²) in [6, 6.07) is 7.46. The molecule has 5 rings (SSSR count). The molecule has 2 fully saturated rings. The van der Waals surface area contributed by atoms with E-state index >= 15 is 0 Å². The van der Waals surface area contributed by atoms with Crippen molar-refractivity contribution in [3.05, 3.63) is 51.7 Å². The molecule has 2 aliphatic rings. The molecule has 162 valence electrons. The van der Waals surface area contributed by atoms with Crippen LogP contribution in [-0.2, 0) is 0 Å². The summed E-state index contributed by atoms with van der Waals surface area (Å²) in [4.78, 5) is 35.2. The SMILES string of the molecule is COc1cccc(C(=O)N2CC(c3nc4c(c(C)nn4C4CCCCC4)c(=O)[nH]3)C2)c1. The van der Waals surface area contributed by atoms with Gasteiger partial charge >= 0.3 is 0 Å². The number of ether oxygens (including phenoxy) is 1. The average Bonchev–Trinajstić information content (AvgIpc) is 3.10. The van der Waals surface area contributed by atoms with Crippen LogP contribution in [0.1, 0.15) is 65.9 Å². The number of aryl methyl sites for hydroxylation is 1. The number of H-pyrrole nitrogens is 1. The molecular weight excluding hydrogens is 394 g/mol. The second-order valence-corrected chi connectivity index (χ2v) is 8.61. The first kappa shape index (κ1) is 19.8. The van der Waals surface area contributed by atoms with Gasteiger partial charge in [0.1, 0.15) is 17.0 Å². The topological polar surface area (TPSA) is 93.1 Å². The standard InChI is InChI=1S/C23H27N5O3/c1-14-19-21(28(26-14)17-8-4-3-5-9-17)24-20(25-22(19)29)16-12-27(13-16)23(30)15-7-6-10-18(11-15)31-2/h6-7,10-11,16-17H,3-5,8-9,12-13H2,1-2H3,(H,24,25,29). The smallest absolute Gasteiger partial charge is 0.262 e. The highest BCUT2D eigenvalue weighted by molar-refractivity contribution is 5.95. The van der Waals surface area contributed by atoms with Gasteiger partial charge in [0.25, 0.3) is 11.5 Å². The van der Waals surface area contributed by atoms with Crippen molar-refractivity contribution in [3.8, 4) is 5.75 Å². The van der Waals surface area contributed by atoms with E-state index in [4.69, 9.17) is 9.72 Å². The van der Waals surface area contributed by atoms with Crippen molar-refractivity contribution in [3.63, 3.8) is 0 Å². The Morgan fingerprint density at radius 2 is 1.97 bits per heavy atom. The number of aromatic amines is 1. The number of rotatable bonds is 4. The van der Waals surface area contributed by atoms with Crippen LogP contribution in [0.15, 0.2) is 29.1 Å². The molecule has 3 heterocycles. The minimum absolute atomic E-state index is 0.0154. The molecule has 1 amide bonds. The van der Waals surface area contributed by atoms with Crippen LogP contribution in [0.4, 0.5) is 0 Å². The van der Waals surface area contributed by atoms with Gasteiger partial charge in [0.05, 0.1) is 24.8 Å². The van der Waals surface area contributed by atoms with Crippen molar-refractivity contribution >= 4 is 16.9 Å². The summed E-state index contributed by atoms with van der Waals surface area (Å²) in [5.41, 5.74) is 1.86. The first-order valence-corrected chi connectivity index (χ1v) is 11.0. The lowest BCUT2D eigenvalue weighted by atomic mass is 9.95. The van der Waals surface area contributed by atoms with Crippen LogP contribution in [-0.4, -0.2) is 50.8 Å². The van der Waals surface area contributed by atoms with Crippen LogP contribution >= 0.6 is 0 Å². The fraction of sp³-hybridized carbons (Fsp3) is 0.478. The van der Waals surface area contributed by atoms with Crippen molar-refractivity contribution in [2.45, 2.75) is 51.0 Å². The third-order valence-electron chi connectivity index (χ3n) is 6.55. The molecule has 1 aliphatic carbocycles. The van der Waals surface area contributed by atoms with Gasteiger partial charge < -0.3 is 14.6 Å². The van der Waals surface area contributed by atoms with E-state index < -0.39 is 0 Å². The number of hydrogen-bond donors (Lipinski definition) is 1. The van der Waals surface area contributed by atoms with Gasteiger partial charge in [-0.05, 0) is 38.0 Å². The Morgan fingerprint density at radius 3 is 2.71 bits per heavy atom. The lowest BCUT2D eigenvalue weighted by molar-refractivity contribution is 0.0594. The summed E-state index contributed by atoms with van der Waals surface area (Å²) in [5.74, 6) is 1.28. The molecule has 1 saturated heterocycles. The van der Waals surface area contributed by atoms with E-state index in [2.05, 4.69) is 10.1 Å². The Bertz CT molecular complexity index is 1190. The number of carbonyl (C=O) groups is 1. The molecule has 1 aromatic carbocycles. The fourth-order valence-electron chi connectivity index (χ4n) is 4.76. The van der Waals surface area contributed by atoms with E-state index in [1.54, 1.807) is 24.1 Å². The maximum atomic E-state index is 12.8. The first-order chi connectivity index (χ1) is 15.0. The van der Waals surface area contributed by atoms with Gasteiger partial charge in [-0.15, -0.1) is 0 Å². The zero-order valence-electron chi connectivity index (χ0n) is 17.9. The van der Waals surface area contributed by atoms with Gasteiger partial charge in [0.15, 0.2) is 5.65 Å². The summed E-state index contributed by atoms with van der Waals surface area (Å²) in [7, 11) is 1.58. The van der Waals surface area contributed by atoms with Gasteiger partial charge in [-0.25, -0.2) is 9.67 Å². The number of fused-ring (bicyclic) bond motifs is 1. The quantitative estimate of drug-likeness (QED) is 0.698. The molecule has 1 aliphatic heterocycles. The van der Waals surface area contributed by atoms with E-state index in [1.807, 2.05) is 23.7 Å². The molecule has 2 aromatic heterocycles. The molecule has 0 radical (unpaired) electrons.